The molecule has 0 aliphatic carbocycles. The summed E-state index contributed by atoms with van der Waals surface area (Å²) < 4.78 is 2.25. The van der Waals surface area contributed by atoms with E-state index in [-0.39, 0.29) is 0 Å². The van der Waals surface area contributed by atoms with E-state index in [9.17, 15) is 4.79 Å². The summed E-state index contributed by atoms with van der Waals surface area (Å²) in [6.45, 7) is 5.08. The second-order valence-electron chi connectivity index (χ2n) is 7.84. The normalized spacial score (nSPS) is 13.8. The molecule has 8 nitrogen and oxygen atoms in total. The average Bonchev–Trinajstić information content (AvgIpc) is 3.05. The molecule has 3 heterocycles. The minimum Gasteiger partial charge on any atom is -0.382 e. The van der Waals surface area contributed by atoms with Crippen molar-refractivity contribution >= 4 is 33.8 Å². The predicted octanol–water partition coefficient (Wildman–Crippen LogP) is 2.52. The molecule has 29 heavy (non-hydrogen) atoms. The minimum absolute atomic E-state index is 0.313. The van der Waals surface area contributed by atoms with Gasteiger partial charge in [-0.15, -0.1) is 0 Å². The van der Waals surface area contributed by atoms with Gasteiger partial charge in [0.05, 0.1) is 11.6 Å². The Balaban J connectivity index is 1.89. The smallest absolute Gasteiger partial charge is 0.234 e. The number of unbranched alkanes of at least 4 members (excludes halogenated alkanes) is 1. The lowest BCUT2D eigenvalue weighted by atomic mass is 9.97. The molecule has 2 atom stereocenters. The zero-order chi connectivity index (χ0) is 21.0. The maximum atomic E-state index is 11.2. The lowest BCUT2D eigenvalue weighted by Gasteiger charge is -2.16. The molecule has 0 spiro atoms. The van der Waals surface area contributed by atoms with Gasteiger partial charge in [-0.05, 0) is 43.7 Å². The number of fused-ring (bicyclic) bond motifs is 3. The summed E-state index contributed by atoms with van der Waals surface area (Å²) in [4.78, 5) is 25.1. The first-order valence-corrected chi connectivity index (χ1v) is 10.4. The molecule has 0 fully saturated rings. The Hall–Kier alpha value is -2.74. The molecule has 0 saturated carbocycles. The molecule has 156 valence electrons. The molecule has 0 aliphatic heterocycles. The third kappa shape index (κ3) is 4.64. The van der Waals surface area contributed by atoms with Gasteiger partial charge in [-0.3, -0.25) is 9.78 Å². The summed E-state index contributed by atoms with van der Waals surface area (Å²) in [7, 11) is 0. The lowest BCUT2D eigenvalue weighted by Crippen LogP contribution is -2.37. The summed E-state index contributed by atoms with van der Waals surface area (Å²) in [5.41, 5.74) is 20.6. The molecule has 3 aromatic rings. The van der Waals surface area contributed by atoms with Crippen LogP contribution >= 0.6 is 0 Å². The van der Waals surface area contributed by atoms with E-state index in [0.29, 0.717) is 18.2 Å². The van der Waals surface area contributed by atoms with Crippen molar-refractivity contribution in [1.29, 1.82) is 0 Å². The first-order chi connectivity index (χ1) is 13.9. The van der Waals surface area contributed by atoms with Crippen molar-refractivity contribution in [3.8, 4) is 0 Å². The van der Waals surface area contributed by atoms with Gasteiger partial charge < -0.3 is 21.8 Å². The number of primary amides is 1. The molecule has 3 rings (SSSR count). The van der Waals surface area contributed by atoms with Crippen molar-refractivity contribution in [3.63, 3.8) is 0 Å². The average molecular weight is 398 g/mol. The zero-order valence-electron chi connectivity index (χ0n) is 17.3. The molecule has 0 bridgehead atoms. The molecule has 3 aromatic heterocycles. The first kappa shape index (κ1) is 21.0. The number of imidazole rings is 1. The van der Waals surface area contributed by atoms with E-state index >= 15 is 0 Å². The Morgan fingerprint density at radius 2 is 2.03 bits per heavy atom. The zero-order valence-corrected chi connectivity index (χ0v) is 17.3. The van der Waals surface area contributed by atoms with Crippen LogP contribution in [0.3, 0.4) is 0 Å². The molecule has 0 saturated heterocycles. The predicted molar refractivity (Wildman–Crippen MR) is 116 cm³/mol. The Morgan fingerprint density at radius 3 is 2.76 bits per heavy atom. The fraction of sp³-hybridized carbons (Fsp3) is 0.524. The number of aromatic nitrogens is 4. The SMILES string of the molecule is CCCCc1nc2c(N)nc3cccnc3c2n1CCCC(C)CC(N)C(N)=O. The number of nitrogen functional groups attached to an aromatic ring is 1. The van der Waals surface area contributed by atoms with E-state index in [1.54, 1.807) is 6.20 Å². The van der Waals surface area contributed by atoms with Crippen molar-refractivity contribution in [2.75, 3.05) is 5.73 Å². The van der Waals surface area contributed by atoms with E-state index in [1.807, 2.05) is 12.1 Å². The second kappa shape index (κ2) is 9.17. The summed E-state index contributed by atoms with van der Waals surface area (Å²) in [6.07, 6.45) is 7.30. The van der Waals surface area contributed by atoms with Crippen molar-refractivity contribution in [2.45, 2.75) is 65.0 Å². The van der Waals surface area contributed by atoms with Crippen LogP contribution in [0.2, 0.25) is 0 Å². The van der Waals surface area contributed by atoms with Gasteiger partial charge >= 0.3 is 0 Å². The third-order valence-corrected chi connectivity index (χ3v) is 5.40. The first-order valence-electron chi connectivity index (χ1n) is 10.4. The fourth-order valence-electron chi connectivity index (χ4n) is 3.80. The van der Waals surface area contributed by atoms with Crippen LogP contribution in [-0.4, -0.2) is 31.5 Å². The van der Waals surface area contributed by atoms with Crippen molar-refractivity contribution in [1.82, 2.24) is 19.5 Å². The molecule has 0 radical (unpaired) electrons. The fourth-order valence-corrected chi connectivity index (χ4v) is 3.80. The van der Waals surface area contributed by atoms with Crippen LogP contribution in [0.15, 0.2) is 18.3 Å². The van der Waals surface area contributed by atoms with Gasteiger partial charge in [-0.2, -0.15) is 0 Å². The number of anilines is 1. The van der Waals surface area contributed by atoms with E-state index in [1.165, 1.54) is 0 Å². The number of nitrogens with zero attached hydrogens (tertiary/aromatic N) is 4. The van der Waals surface area contributed by atoms with Gasteiger partial charge in [0.15, 0.2) is 5.82 Å². The van der Waals surface area contributed by atoms with Gasteiger partial charge in [0, 0.05) is 19.2 Å². The molecule has 2 unspecified atom stereocenters. The quantitative estimate of drug-likeness (QED) is 0.480. The highest BCUT2D eigenvalue weighted by Gasteiger charge is 2.18. The largest absolute Gasteiger partial charge is 0.382 e. The Labute approximate surface area is 170 Å². The topological polar surface area (TPSA) is 139 Å². The third-order valence-electron chi connectivity index (χ3n) is 5.40. The van der Waals surface area contributed by atoms with Crippen LogP contribution in [0, 0.1) is 5.92 Å². The van der Waals surface area contributed by atoms with Gasteiger partial charge in [-0.1, -0.05) is 20.3 Å². The van der Waals surface area contributed by atoms with E-state index in [4.69, 9.17) is 22.2 Å². The lowest BCUT2D eigenvalue weighted by molar-refractivity contribution is -0.119. The van der Waals surface area contributed by atoms with Crippen LogP contribution in [0.4, 0.5) is 5.82 Å². The summed E-state index contributed by atoms with van der Waals surface area (Å²) >= 11 is 0. The van der Waals surface area contributed by atoms with E-state index < -0.39 is 11.9 Å². The van der Waals surface area contributed by atoms with Crippen molar-refractivity contribution < 1.29 is 4.79 Å². The van der Waals surface area contributed by atoms with Crippen molar-refractivity contribution in [2.24, 2.45) is 17.4 Å². The number of hydrogen-bond donors (Lipinski definition) is 3. The highest BCUT2D eigenvalue weighted by atomic mass is 16.1. The highest BCUT2D eigenvalue weighted by molar-refractivity contribution is 6.04. The van der Waals surface area contributed by atoms with Gasteiger partial charge in [0.25, 0.3) is 0 Å². The molecule has 1 amide bonds. The molecule has 0 aliphatic rings. The Bertz CT molecular complexity index is 998. The summed E-state index contributed by atoms with van der Waals surface area (Å²) in [5.74, 6) is 1.33. The van der Waals surface area contributed by atoms with Crippen LogP contribution < -0.4 is 17.2 Å². The summed E-state index contributed by atoms with van der Waals surface area (Å²) in [5, 5.41) is 0. The molecule has 0 aromatic carbocycles. The van der Waals surface area contributed by atoms with E-state index in [2.05, 4.69) is 28.4 Å². The van der Waals surface area contributed by atoms with Crippen LogP contribution in [-0.2, 0) is 17.8 Å². The van der Waals surface area contributed by atoms with Crippen molar-refractivity contribution in [3.05, 3.63) is 24.2 Å². The van der Waals surface area contributed by atoms with Crippen LogP contribution in [0.5, 0.6) is 0 Å². The van der Waals surface area contributed by atoms with Gasteiger partial charge in [-0.25, -0.2) is 9.97 Å². The number of carbonyl (C=O) groups is 1. The number of aryl methyl sites for hydroxylation is 2. The maximum Gasteiger partial charge on any atom is 0.234 e. The van der Waals surface area contributed by atoms with E-state index in [0.717, 1.165) is 66.5 Å². The summed E-state index contributed by atoms with van der Waals surface area (Å²) in [6, 6.07) is 3.20. The molecular formula is C21H31N7O. The maximum absolute atomic E-state index is 11.2. The molecular weight excluding hydrogens is 366 g/mol. The highest BCUT2D eigenvalue weighted by Crippen LogP contribution is 2.28. The van der Waals surface area contributed by atoms with Gasteiger partial charge in [0.2, 0.25) is 5.91 Å². The standard InChI is InChI=1S/C21H31N7O/c1-3-4-9-16-27-18-19(17-15(26-20(18)23)8-5-10-25-17)28(16)11-6-7-13(2)12-14(22)21(24)29/h5,8,10,13-14H,3-4,6-7,9,11-12,22H2,1-2H3,(H2,23,26)(H2,24,29). The Kier molecular flexibility index (Phi) is 6.64. The van der Waals surface area contributed by atoms with Gasteiger partial charge in [0.1, 0.15) is 22.4 Å². The monoisotopic (exact) mass is 397 g/mol. The number of pyridine rings is 2. The Morgan fingerprint density at radius 1 is 1.24 bits per heavy atom. The molecule has 8 heteroatoms. The van der Waals surface area contributed by atoms with Crippen LogP contribution in [0.25, 0.3) is 22.1 Å². The number of rotatable bonds is 10. The number of hydrogen-bond acceptors (Lipinski definition) is 6. The number of nitrogens with two attached hydrogens (primary N) is 3. The number of carbonyl (C=O) groups excluding carboxylic acids is 1. The van der Waals surface area contributed by atoms with Crippen LogP contribution in [0.1, 0.15) is 51.8 Å². The second-order valence-corrected chi connectivity index (χ2v) is 7.84. The number of amides is 1. The molecule has 6 N–H and O–H groups in total. The minimum atomic E-state index is -0.585.